The largest absolute Gasteiger partial charge is 0.393 e. The molecule has 3 fully saturated rings. The summed E-state index contributed by atoms with van der Waals surface area (Å²) in [5.41, 5.74) is 19.6. The third-order valence-electron chi connectivity index (χ3n) is 7.19. The second-order valence-electron chi connectivity index (χ2n) is 9.70. The minimum atomic E-state index is -2.17. The van der Waals surface area contributed by atoms with Gasteiger partial charge >= 0.3 is 0 Å². The highest BCUT2D eigenvalue weighted by Crippen LogP contribution is 2.39. The SMILES string of the molecule is CN[C@@H]1[C@H](O[C@@H]2[C@H](O[C@@H]3[C@H](O)[C@H](O)[C@H](N=C(N)N)[C@H](O)[C@@H]3N=C(N)N)O[C@H](C)[C@]2(O)CO)O[C@H](O)[C@H](O)[C@@H]1O. The normalized spacial score (nSPS) is 48.5. The number of guanidine groups is 2. The molecule has 2 heterocycles. The first-order valence-corrected chi connectivity index (χ1v) is 12.1. The monoisotopic (exact) mass is 569 g/mol. The highest BCUT2D eigenvalue weighted by Gasteiger charge is 2.60. The van der Waals surface area contributed by atoms with E-state index in [9.17, 15) is 40.9 Å². The van der Waals surface area contributed by atoms with Crippen molar-refractivity contribution in [3.05, 3.63) is 0 Å². The zero-order valence-corrected chi connectivity index (χ0v) is 21.2. The van der Waals surface area contributed by atoms with E-state index in [0.717, 1.165) is 0 Å². The molecular weight excluding hydrogens is 530 g/mol. The van der Waals surface area contributed by atoms with Crippen LogP contribution in [0.15, 0.2) is 9.98 Å². The van der Waals surface area contributed by atoms with Crippen molar-refractivity contribution in [2.45, 2.75) is 98.4 Å². The van der Waals surface area contributed by atoms with E-state index in [2.05, 4.69) is 15.3 Å². The van der Waals surface area contributed by atoms with Gasteiger partial charge in [-0.05, 0) is 14.0 Å². The summed E-state index contributed by atoms with van der Waals surface area (Å²) in [6.07, 6.45) is -18.0. The lowest BCUT2D eigenvalue weighted by molar-refractivity contribution is -0.345. The van der Waals surface area contributed by atoms with E-state index in [-0.39, 0.29) is 0 Å². The van der Waals surface area contributed by atoms with E-state index in [1.54, 1.807) is 0 Å². The molecule has 15 atom stereocenters. The van der Waals surface area contributed by atoms with Crippen LogP contribution in [-0.4, -0.2) is 158 Å². The summed E-state index contributed by atoms with van der Waals surface area (Å²) in [7, 11) is 1.41. The first-order chi connectivity index (χ1) is 18.2. The molecule has 19 heteroatoms. The van der Waals surface area contributed by atoms with Gasteiger partial charge in [-0.3, -0.25) is 0 Å². The van der Waals surface area contributed by atoms with Crippen LogP contribution in [0.2, 0.25) is 0 Å². The maximum atomic E-state index is 11.2. The van der Waals surface area contributed by atoms with Gasteiger partial charge in [-0.15, -0.1) is 0 Å². The Bertz CT molecular complexity index is 895. The molecule has 0 aromatic rings. The second kappa shape index (κ2) is 12.3. The Hall–Kier alpha value is -1.98. The number of hydrogen-bond acceptors (Lipinski definition) is 15. The average molecular weight is 570 g/mol. The number of nitrogens with two attached hydrogens (primary N) is 4. The first kappa shape index (κ1) is 31.5. The van der Waals surface area contributed by atoms with E-state index in [4.69, 9.17) is 41.9 Å². The number of aliphatic hydroxyl groups is 8. The predicted octanol–water partition coefficient (Wildman–Crippen LogP) is -8.41. The summed E-state index contributed by atoms with van der Waals surface area (Å²) in [4.78, 5) is 7.63. The van der Waals surface area contributed by atoms with Crippen LogP contribution in [0.4, 0.5) is 0 Å². The number of ether oxygens (including phenoxy) is 4. The van der Waals surface area contributed by atoms with Crippen molar-refractivity contribution in [1.29, 1.82) is 0 Å². The molecular formula is C20H39N7O12. The topological polar surface area (TPSA) is 340 Å². The summed E-state index contributed by atoms with van der Waals surface area (Å²) < 4.78 is 22.6. The first-order valence-electron chi connectivity index (χ1n) is 12.1. The lowest BCUT2D eigenvalue weighted by Gasteiger charge is -2.45. The van der Waals surface area contributed by atoms with Gasteiger partial charge in [0.25, 0.3) is 0 Å². The number of aliphatic imine (C=N–C) groups is 2. The number of nitrogens with zero attached hydrogens (tertiary/aromatic N) is 2. The Morgan fingerprint density at radius 3 is 1.95 bits per heavy atom. The Balaban J connectivity index is 1.95. The highest BCUT2D eigenvalue weighted by atomic mass is 16.8. The lowest BCUT2D eigenvalue weighted by Crippen LogP contribution is -2.66. The number of rotatable bonds is 8. The highest BCUT2D eigenvalue weighted by molar-refractivity contribution is 5.76. The van der Waals surface area contributed by atoms with E-state index in [1.807, 2.05) is 0 Å². The van der Waals surface area contributed by atoms with Crippen LogP contribution in [0.1, 0.15) is 6.92 Å². The van der Waals surface area contributed by atoms with Crippen LogP contribution in [-0.2, 0) is 18.9 Å². The van der Waals surface area contributed by atoms with E-state index < -0.39 is 110 Å². The molecule has 19 nitrogen and oxygen atoms in total. The standard InChI is InChI=1S/C20H39N7O12/c1-4-20(35,3-28)14(38-16-7(25-2)10(31)12(33)15(34)39-16)17(36-4)37-13-6(27-19(23)24)8(29)5(26-18(21)22)9(30)11(13)32/h4-17,25,28-35H,3H2,1-2H3,(H4,21,22,26)(H4,23,24,27)/t4-,5-,6+,7+,8+,9-,10-,11-,12-,13+,14-,15+,16-,17+,20-/m1/s1. The third kappa shape index (κ3) is 6.05. The molecule has 39 heavy (non-hydrogen) atoms. The van der Waals surface area contributed by atoms with Gasteiger partial charge in [-0.2, -0.15) is 0 Å². The summed E-state index contributed by atoms with van der Waals surface area (Å²) >= 11 is 0. The molecule has 0 spiro atoms. The van der Waals surface area contributed by atoms with Crippen LogP contribution < -0.4 is 28.3 Å². The molecule has 3 aliphatic rings. The molecule has 0 unspecified atom stereocenters. The summed E-state index contributed by atoms with van der Waals surface area (Å²) in [6, 6.07) is -4.07. The van der Waals surface area contributed by atoms with Crippen molar-refractivity contribution in [2.24, 2.45) is 32.9 Å². The van der Waals surface area contributed by atoms with Crippen LogP contribution >= 0.6 is 0 Å². The van der Waals surface area contributed by atoms with Gasteiger partial charge in [0.2, 0.25) is 0 Å². The van der Waals surface area contributed by atoms with Gasteiger partial charge in [-0.1, -0.05) is 0 Å². The summed E-state index contributed by atoms with van der Waals surface area (Å²) in [5.74, 6) is -1.02. The molecule has 0 bridgehead atoms. The van der Waals surface area contributed by atoms with Gasteiger partial charge in [0.1, 0.15) is 60.4 Å². The Labute approximate surface area is 222 Å². The molecule has 3 rings (SSSR count). The minimum Gasteiger partial charge on any atom is -0.393 e. The number of nitrogens with one attached hydrogen (secondary N) is 1. The van der Waals surface area contributed by atoms with Crippen LogP contribution in [0.5, 0.6) is 0 Å². The van der Waals surface area contributed by atoms with Crippen molar-refractivity contribution in [3.8, 4) is 0 Å². The Morgan fingerprint density at radius 2 is 1.41 bits per heavy atom. The Morgan fingerprint density at radius 1 is 0.821 bits per heavy atom. The summed E-state index contributed by atoms with van der Waals surface area (Å²) in [6.45, 7) is 0.454. The molecule has 226 valence electrons. The number of likely N-dealkylation sites (N-methyl/N-ethyl adjacent to an activating group) is 1. The quantitative estimate of drug-likeness (QED) is 0.0952. The lowest BCUT2D eigenvalue weighted by atomic mass is 9.81. The van der Waals surface area contributed by atoms with Gasteiger partial charge in [0.15, 0.2) is 30.8 Å². The molecule has 1 aliphatic carbocycles. The molecule has 2 saturated heterocycles. The number of aliphatic hydroxyl groups excluding tert-OH is 7. The average Bonchev–Trinajstić information content (AvgIpc) is 3.10. The number of hydrogen-bond donors (Lipinski definition) is 13. The van der Waals surface area contributed by atoms with Crippen LogP contribution in [0.3, 0.4) is 0 Å². The second-order valence-corrected chi connectivity index (χ2v) is 9.70. The zero-order valence-electron chi connectivity index (χ0n) is 21.2. The molecule has 0 aromatic carbocycles. The molecule has 0 amide bonds. The summed E-state index contributed by atoms with van der Waals surface area (Å²) in [5, 5.41) is 86.6. The van der Waals surface area contributed by atoms with Gasteiger partial charge in [0, 0.05) is 0 Å². The maximum Gasteiger partial charge on any atom is 0.187 e. The fraction of sp³-hybridized carbons (Fsp3) is 0.900. The van der Waals surface area contributed by atoms with E-state index >= 15 is 0 Å². The molecule has 0 aromatic heterocycles. The van der Waals surface area contributed by atoms with E-state index in [1.165, 1.54) is 14.0 Å². The van der Waals surface area contributed by atoms with Gasteiger partial charge < -0.3 is 88.1 Å². The Kier molecular flexibility index (Phi) is 9.92. The predicted molar refractivity (Wildman–Crippen MR) is 129 cm³/mol. The van der Waals surface area contributed by atoms with Gasteiger partial charge in [0.05, 0.1) is 18.8 Å². The van der Waals surface area contributed by atoms with Gasteiger partial charge in [-0.25, -0.2) is 9.98 Å². The zero-order chi connectivity index (χ0) is 29.4. The smallest absolute Gasteiger partial charge is 0.187 e. The van der Waals surface area contributed by atoms with Crippen molar-refractivity contribution < 1.29 is 59.8 Å². The molecule has 0 radical (unpaired) electrons. The molecule has 1 saturated carbocycles. The van der Waals surface area contributed by atoms with Crippen molar-refractivity contribution in [2.75, 3.05) is 13.7 Å². The van der Waals surface area contributed by atoms with Crippen LogP contribution in [0.25, 0.3) is 0 Å². The fourth-order valence-electron chi connectivity index (χ4n) is 4.93. The van der Waals surface area contributed by atoms with Crippen molar-refractivity contribution >= 4 is 11.9 Å². The molecule has 17 N–H and O–H groups in total. The maximum absolute atomic E-state index is 11.2. The van der Waals surface area contributed by atoms with Crippen molar-refractivity contribution in [1.82, 2.24) is 5.32 Å². The third-order valence-corrected chi connectivity index (χ3v) is 7.19. The van der Waals surface area contributed by atoms with Crippen LogP contribution in [0, 0.1) is 0 Å². The molecule has 2 aliphatic heterocycles. The van der Waals surface area contributed by atoms with Crippen molar-refractivity contribution in [3.63, 3.8) is 0 Å². The fourth-order valence-corrected chi connectivity index (χ4v) is 4.93. The van der Waals surface area contributed by atoms with E-state index in [0.29, 0.717) is 0 Å². The minimum absolute atomic E-state index is 0.497.